The Morgan fingerprint density at radius 3 is 1.44 bits per heavy atom. The summed E-state index contributed by atoms with van der Waals surface area (Å²) in [5.41, 5.74) is -11.8. The highest BCUT2D eigenvalue weighted by atomic mass is 19.4. The fourth-order valence-electron chi connectivity index (χ4n) is 4.33. The third-order valence-electron chi connectivity index (χ3n) is 6.30. The predicted octanol–water partition coefficient (Wildman–Crippen LogP) is 7.13. The summed E-state index contributed by atoms with van der Waals surface area (Å²) in [6, 6.07) is 0. The first-order chi connectivity index (χ1) is 15.8. The van der Waals surface area contributed by atoms with Crippen molar-refractivity contribution in [3.63, 3.8) is 0 Å². The zero-order chi connectivity index (χ0) is 28.4. The molecule has 18 heteroatoms. The van der Waals surface area contributed by atoms with Gasteiger partial charge in [-0.05, 0) is 38.0 Å². The lowest BCUT2D eigenvalue weighted by Gasteiger charge is -2.45. The summed E-state index contributed by atoms with van der Waals surface area (Å²) in [6.07, 6.45) is -36.0. The molecule has 0 aromatic heterocycles. The van der Waals surface area contributed by atoms with Gasteiger partial charge >= 0.3 is 36.6 Å². The van der Waals surface area contributed by atoms with Gasteiger partial charge in [-0.2, -0.15) is 70.2 Å². The van der Waals surface area contributed by atoms with Crippen molar-refractivity contribution in [2.45, 2.75) is 86.0 Å². The maximum Gasteiger partial charge on any atom is 0.456 e. The first-order valence-electron chi connectivity index (χ1n) is 9.86. The van der Waals surface area contributed by atoms with E-state index in [1.54, 1.807) is 0 Å². The van der Waals surface area contributed by atoms with Crippen molar-refractivity contribution in [1.29, 1.82) is 0 Å². The topological polar surface area (TPSA) is 29.5 Å². The number of ether oxygens (including phenoxy) is 1. The van der Waals surface area contributed by atoms with E-state index < -0.39 is 91.4 Å². The van der Waals surface area contributed by atoms with Gasteiger partial charge in [0.25, 0.3) is 0 Å². The second kappa shape index (κ2) is 8.80. The molecule has 212 valence electrons. The van der Waals surface area contributed by atoms with Crippen LogP contribution in [0.2, 0.25) is 0 Å². The SMILES string of the molecule is OC(CCCC(OC1CC2C=CC1C2)(C(F)(F)F)C(F)(F)C(F)(F)F)(C(F)(F)F)C(F)(F)C(F)(F)F. The molecule has 0 amide bonds. The number of hydrogen-bond acceptors (Lipinski definition) is 2. The first kappa shape index (κ1) is 30.8. The van der Waals surface area contributed by atoms with Crippen molar-refractivity contribution in [3.8, 4) is 0 Å². The van der Waals surface area contributed by atoms with Crippen molar-refractivity contribution >= 4 is 0 Å². The van der Waals surface area contributed by atoms with Crippen molar-refractivity contribution in [2.24, 2.45) is 11.8 Å². The number of allylic oxidation sites excluding steroid dienone is 1. The fraction of sp³-hybridized carbons (Fsp3) is 0.889. The maximum atomic E-state index is 14.3. The van der Waals surface area contributed by atoms with Gasteiger partial charge in [0.05, 0.1) is 6.10 Å². The quantitative estimate of drug-likeness (QED) is 0.250. The van der Waals surface area contributed by atoms with Gasteiger partial charge in [0.2, 0.25) is 11.2 Å². The lowest BCUT2D eigenvalue weighted by molar-refractivity contribution is -0.423. The van der Waals surface area contributed by atoms with E-state index in [4.69, 9.17) is 0 Å². The van der Waals surface area contributed by atoms with Gasteiger partial charge in [-0.15, -0.1) is 0 Å². The van der Waals surface area contributed by atoms with E-state index in [0.29, 0.717) is 0 Å². The zero-order valence-corrected chi connectivity index (χ0v) is 17.3. The van der Waals surface area contributed by atoms with Crippen molar-refractivity contribution in [2.75, 3.05) is 0 Å². The maximum absolute atomic E-state index is 14.3. The number of fused-ring (bicyclic) bond motifs is 2. The average molecular weight is 568 g/mol. The summed E-state index contributed by atoms with van der Waals surface area (Å²) >= 11 is 0. The van der Waals surface area contributed by atoms with Crippen LogP contribution < -0.4 is 0 Å². The Labute approximate surface area is 191 Å². The summed E-state index contributed by atoms with van der Waals surface area (Å²) in [7, 11) is 0. The first-order valence-corrected chi connectivity index (χ1v) is 9.86. The van der Waals surface area contributed by atoms with Crippen LogP contribution in [-0.4, -0.2) is 59.0 Å². The molecule has 1 saturated carbocycles. The van der Waals surface area contributed by atoms with Crippen LogP contribution in [-0.2, 0) is 4.74 Å². The minimum absolute atomic E-state index is 0.0121. The molecule has 2 aliphatic carbocycles. The highest BCUT2D eigenvalue weighted by molar-refractivity contribution is 5.14. The van der Waals surface area contributed by atoms with E-state index in [0.717, 1.165) is 6.08 Å². The molecule has 2 aliphatic rings. The minimum Gasteiger partial charge on any atom is -0.376 e. The van der Waals surface area contributed by atoms with Crippen LogP contribution in [0.3, 0.4) is 0 Å². The van der Waals surface area contributed by atoms with Crippen LogP contribution in [0.4, 0.5) is 70.2 Å². The molecule has 0 aromatic rings. The van der Waals surface area contributed by atoms with Gasteiger partial charge in [0.1, 0.15) is 0 Å². The number of hydrogen-bond donors (Lipinski definition) is 1. The predicted molar refractivity (Wildman–Crippen MR) is 85.9 cm³/mol. The average Bonchev–Trinajstić information content (AvgIpc) is 3.26. The largest absolute Gasteiger partial charge is 0.456 e. The van der Waals surface area contributed by atoms with Crippen LogP contribution in [0.1, 0.15) is 32.1 Å². The van der Waals surface area contributed by atoms with Gasteiger partial charge in [-0.1, -0.05) is 12.2 Å². The van der Waals surface area contributed by atoms with Gasteiger partial charge in [0, 0.05) is 5.92 Å². The Morgan fingerprint density at radius 2 is 1.11 bits per heavy atom. The molecule has 2 nitrogen and oxygen atoms in total. The second-order valence-corrected chi connectivity index (χ2v) is 8.62. The summed E-state index contributed by atoms with van der Waals surface area (Å²) in [6.45, 7) is 0. The third-order valence-corrected chi connectivity index (χ3v) is 6.30. The third kappa shape index (κ3) is 4.75. The molecule has 1 N–H and O–H groups in total. The zero-order valence-electron chi connectivity index (χ0n) is 17.3. The van der Waals surface area contributed by atoms with E-state index in [-0.39, 0.29) is 6.42 Å². The standard InChI is InChI=1S/C18H16F16O2/c19-13(20,17(29,30)31)11(35,15(23,24)25)4-1-5-12(16(26,27)28,14(21,22)18(32,33)34)36-10-7-8-2-3-9(10)6-8/h2-3,8-10,35H,1,4-7H2. The highest BCUT2D eigenvalue weighted by Gasteiger charge is 2.82. The van der Waals surface area contributed by atoms with Crippen LogP contribution in [0.25, 0.3) is 0 Å². The second-order valence-electron chi connectivity index (χ2n) is 8.62. The van der Waals surface area contributed by atoms with Gasteiger partial charge in [0.15, 0.2) is 0 Å². The van der Waals surface area contributed by atoms with Crippen molar-refractivity contribution in [3.05, 3.63) is 12.2 Å². The number of aliphatic hydroxyl groups is 1. The molecule has 0 spiro atoms. The van der Waals surface area contributed by atoms with E-state index in [9.17, 15) is 75.4 Å². The number of halogens is 16. The summed E-state index contributed by atoms with van der Waals surface area (Å²) in [5.74, 6) is -15.6. The van der Waals surface area contributed by atoms with Gasteiger partial charge in [-0.25, -0.2) is 0 Å². The van der Waals surface area contributed by atoms with E-state index in [1.165, 1.54) is 6.08 Å². The Kier molecular flexibility index (Phi) is 7.52. The molecular weight excluding hydrogens is 552 g/mol. The molecular formula is C18H16F16O2. The molecule has 5 atom stereocenters. The lowest BCUT2D eigenvalue weighted by atomic mass is 9.82. The molecule has 5 unspecified atom stereocenters. The van der Waals surface area contributed by atoms with E-state index in [1.807, 2.05) is 0 Å². The van der Waals surface area contributed by atoms with Crippen LogP contribution in [0, 0.1) is 11.8 Å². The van der Waals surface area contributed by atoms with Gasteiger partial charge in [-0.3, -0.25) is 0 Å². The fourth-order valence-corrected chi connectivity index (χ4v) is 4.33. The molecule has 0 aliphatic heterocycles. The van der Waals surface area contributed by atoms with Crippen LogP contribution in [0.15, 0.2) is 12.2 Å². The summed E-state index contributed by atoms with van der Waals surface area (Å²) < 4.78 is 217. The minimum atomic E-state index is -7.12. The van der Waals surface area contributed by atoms with Crippen LogP contribution in [0.5, 0.6) is 0 Å². The monoisotopic (exact) mass is 568 g/mol. The van der Waals surface area contributed by atoms with Crippen LogP contribution >= 0.6 is 0 Å². The summed E-state index contributed by atoms with van der Waals surface area (Å²) in [4.78, 5) is 0. The Balaban J connectivity index is 2.52. The molecule has 0 radical (unpaired) electrons. The number of alkyl halides is 16. The Morgan fingerprint density at radius 1 is 0.611 bits per heavy atom. The normalized spacial score (nSPS) is 27.3. The van der Waals surface area contributed by atoms with Gasteiger partial charge < -0.3 is 9.84 Å². The molecule has 0 saturated heterocycles. The molecule has 2 rings (SSSR count). The smallest absolute Gasteiger partial charge is 0.376 e. The summed E-state index contributed by atoms with van der Waals surface area (Å²) in [5, 5.41) is 9.21. The highest BCUT2D eigenvalue weighted by Crippen LogP contribution is 2.58. The molecule has 1 fully saturated rings. The lowest BCUT2D eigenvalue weighted by Crippen LogP contribution is -2.68. The molecule has 36 heavy (non-hydrogen) atoms. The molecule has 0 heterocycles. The number of rotatable bonds is 8. The van der Waals surface area contributed by atoms with Crippen molar-refractivity contribution < 1.29 is 80.1 Å². The van der Waals surface area contributed by atoms with E-state index in [2.05, 4.69) is 4.74 Å². The Bertz CT molecular complexity index is 823. The molecule has 2 bridgehead atoms. The Hall–Kier alpha value is -1.46. The van der Waals surface area contributed by atoms with Crippen molar-refractivity contribution in [1.82, 2.24) is 0 Å². The molecule has 0 aromatic carbocycles. The van der Waals surface area contributed by atoms with E-state index >= 15 is 0 Å².